The molecule has 42 heavy (non-hydrogen) atoms. The van der Waals surface area contributed by atoms with E-state index in [1.54, 1.807) is 11.0 Å². The van der Waals surface area contributed by atoms with Gasteiger partial charge in [0.25, 0.3) is 0 Å². The summed E-state index contributed by atoms with van der Waals surface area (Å²) < 4.78 is 95.4. The molecule has 1 amide bonds. The number of nitrogens with zero attached hydrogens (tertiary/aromatic N) is 3. The molecule has 0 unspecified atom stereocenters. The SMILES string of the molecule is CN(C(=O)C(C)(C)c1cc(C(F)(F)F)cc(C(F)(F)F)c1)c1cnc(N2C[C@@H](O)C[C@H]2CO)cc1-c1cccc(F)c1. The lowest BCUT2D eigenvalue weighted by molar-refractivity contribution is -0.143. The Morgan fingerprint density at radius 3 is 2.14 bits per heavy atom. The summed E-state index contributed by atoms with van der Waals surface area (Å²) in [6, 6.07) is 7.47. The van der Waals surface area contributed by atoms with E-state index in [-0.39, 0.29) is 36.9 Å². The van der Waals surface area contributed by atoms with E-state index in [4.69, 9.17) is 0 Å². The molecule has 1 fully saturated rings. The molecule has 2 atom stereocenters. The van der Waals surface area contributed by atoms with Gasteiger partial charge >= 0.3 is 12.4 Å². The third kappa shape index (κ3) is 6.21. The lowest BCUT2D eigenvalue weighted by Crippen LogP contribution is -2.42. The highest BCUT2D eigenvalue weighted by Crippen LogP contribution is 2.41. The van der Waals surface area contributed by atoms with Crippen molar-refractivity contribution >= 4 is 17.4 Å². The number of carbonyl (C=O) groups is 1. The van der Waals surface area contributed by atoms with E-state index >= 15 is 0 Å². The molecule has 0 saturated carbocycles. The van der Waals surface area contributed by atoms with Crippen molar-refractivity contribution in [1.82, 2.24) is 4.98 Å². The maximum Gasteiger partial charge on any atom is 0.416 e. The van der Waals surface area contributed by atoms with E-state index in [1.807, 2.05) is 0 Å². The molecule has 1 aliphatic heterocycles. The number of aromatic nitrogens is 1. The Labute approximate surface area is 237 Å². The van der Waals surface area contributed by atoms with Gasteiger partial charge in [-0.05, 0) is 67.8 Å². The number of likely N-dealkylation sites (N-methyl/N-ethyl adjacent to an activating group) is 1. The summed E-state index contributed by atoms with van der Waals surface area (Å²) in [6.07, 6.45) is -9.38. The topological polar surface area (TPSA) is 76.9 Å². The summed E-state index contributed by atoms with van der Waals surface area (Å²) >= 11 is 0. The molecule has 0 radical (unpaired) electrons. The third-order valence-electron chi connectivity index (χ3n) is 7.41. The second kappa shape index (κ2) is 11.2. The Bertz CT molecular complexity index is 1440. The molecule has 3 aromatic rings. The average molecular weight is 600 g/mol. The van der Waals surface area contributed by atoms with Crippen LogP contribution in [0.5, 0.6) is 0 Å². The minimum absolute atomic E-state index is 0.00654. The number of benzene rings is 2. The van der Waals surface area contributed by atoms with Gasteiger partial charge in [0.2, 0.25) is 5.91 Å². The molecule has 6 nitrogen and oxygen atoms in total. The molecule has 0 spiro atoms. The van der Waals surface area contributed by atoms with Crippen molar-refractivity contribution in [3.8, 4) is 11.1 Å². The van der Waals surface area contributed by atoms with Crippen molar-refractivity contribution in [2.45, 2.75) is 50.2 Å². The first-order valence-electron chi connectivity index (χ1n) is 12.8. The molecule has 1 aromatic heterocycles. The summed E-state index contributed by atoms with van der Waals surface area (Å²) in [5, 5.41) is 19.9. The van der Waals surface area contributed by atoms with Gasteiger partial charge in [0.15, 0.2) is 0 Å². The van der Waals surface area contributed by atoms with E-state index in [0.717, 1.165) is 4.90 Å². The second-order valence-electron chi connectivity index (χ2n) is 10.7. The number of hydrogen-bond acceptors (Lipinski definition) is 5. The maximum absolute atomic E-state index is 14.2. The zero-order valence-electron chi connectivity index (χ0n) is 22.8. The first kappa shape index (κ1) is 31.2. The Balaban J connectivity index is 1.81. The van der Waals surface area contributed by atoms with E-state index in [9.17, 15) is 45.7 Å². The highest BCUT2D eigenvalue weighted by Gasteiger charge is 2.41. The number of amides is 1. The largest absolute Gasteiger partial charge is 0.416 e. The van der Waals surface area contributed by atoms with Gasteiger partial charge in [-0.3, -0.25) is 4.79 Å². The smallest absolute Gasteiger partial charge is 0.394 e. The standard InChI is InChI=1S/C29H28F7N3O3/c1-27(2,17-8-18(28(31,32)33)10-19(9-17)29(34,35)36)26(42)38(3)24-13-37-25(39-14-22(41)11-21(39)15-40)12-23(24)16-5-4-6-20(30)7-16/h4-10,12-13,21-22,40-41H,11,14-15H2,1-3H3/t21-,22-/m0/s1. The van der Waals surface area contributed by atoms with E-state index < -0.39 is 58.3 Å². The number of carbonyl (C=O) groups excluding carboxylic acids is 1. The first-order valence-corrected chi connectivity index (χ1v) is 12.8. The number of aliphatic hydroxyl groups excluding tert-OH is 2. The number of hydrogen-bond donors (Lipinski definition) is 2. The number of alkyl halides is 6. The van der Waals surface area contributed by atoms with Crippen LogP contribution < -0.4 is 9.80 Å². The van der Waals surface area contributed by atoms with Gasteiger partial charge in [0, 0.05) is 19.2 Å². The van der Waals surface area contributed by atoms with Gasteiger partial charge < -0.3 is 20.0 Å². The number of pyridine rings is 1. The van der Waals surface area contributed by atoms with Crippen molar-refractivity contribution in [3.05, 3.63) is 77.2 Å². The number of anilines is 2. The van der Waals surface area contributed by atoms with Crippen LogP contribution in [0, 0.1) is 5.82 Å². The van der Waals surface area contributed by atoms with Crippen LogP contribution in [0.3, 0.4) is 0 Å². The van der Waals surface area contributed by atoms with Crippen LogP contribution in [-0.2, 0) is 22.6 Å². The molecule has 1 aliphatic rings. The van der Waals surface area contributed by atoms with Crippen molar-refractivity contribution in [3.63, 3.8) is 0 Å². The minimum Gasteiger partial charge on any atom is -0.394 e. The molecule has 13 heteroatoms. The van der Waals surface area contributed by atoms with Crippen molar-refractivity contribution in [1.29, 1.82) is 0 Å². The van der Waals surface area contributed by atoms with Crippen LogP contribution in [0.4, 0.5) is 42.2 Å². The zero-order valence-corrected chi connectivity index (χ0v) is 22.8. The molecule has 0 aliphatic carbocycles. The molecule has 2 aromatic carbocycles. The average Bonchev–Trinajstić information content (AvgIpc) is 3.31. The van der Waals surface area contributed by atoms with Crippen LogP contribution in [0.2, 0.25) is 0 Å². The maximum atomic E-state index is 14.2. The summed E-state index contributed by atoms with van der Waals surface area (Å²) in [4.78, 5) is 20.9. The van der Waals surface area contributed by atoms with Crippen LogP contribution in [-0.4, -0.2) is 53.4 Å². The molecule has 4 rings (SSSR count). The van der Waals surface area contributed by atoms with E-state index in [0.29, 0.717) is 23.5 Å². The summed E-state index contributed by atoms with van der Waals surface area (Å²) in [5.74, 6) is -1.15. The molecule has 2 N–H and O–H groups in total. The lowest BCUT2D eigenvalue weighted by atomic mass is 9.81. The fraction of sp³-hybridized carbons (Fsp3) is 0.379. The van der Waals surface area contributed by atoms with Crippen molar-refractivity contribution in [2.75, 3.05) is 30.0 Å². The van der Waals surface area contributed by atoms with Crippen LogP contribution >= 0.6 is 0 Å². The van der Waals surface area contributed by atoms with Crippen LogP contribution in [0.15, 0.2) is 54.7 Å². The number of β-amino-alcohol motifs (C(OH)–C–C–N with tert-alkyl or cyclic N) is 1. The molecule has 1 saturated heterocycles. The fourth-order valence-electron chi connectivity index (χ4n) is 5.06. The Hall–Kier alpha value is -3.71. The third-order valence-corrected chi connectivity index (χ3v) is 7.41. The van der Waals surface area contributed by atoms with Gasteiger partial charge in [-0.2, -0.15) is 26.3 Å². The number of halogens is 7. The fourth-order valence-corrected chi connectivity index (χ4v) is 5.06. The summed E-state index contributed by atoms with van der Waals surface area (Å²) in [6.45, 7) is 2.30. The first-order chi connectivity index (χ1) is 19.4. The molecule has 226 valence electrons. The normalized spacial score (nSPS) is 18.0. The Morgan fingerprint density at radius 2 is 1.60 bits per heavy atom. The Kier molecular flexibility index (Phi) is 8.31. The Morgan fingerprint density at radius 1 is 1.00 bits per heavy atom. The van der Waals surface area contributed by atoms with E-state index in [1.165, 1.54) is 51.4 Å². The molecule has 0 bridgehead atoms. The van der Waals surface area contributed by atoms with Crippen molar-refractivity contribution < 1.29 is 45.7 Å². The van der Waals surface area contributed by atoms with Gasteiger partial charge in [0.1, 0.15) is 11.6 Å². The number of aliphatic hydroxyl groups is 2. The summed E-state index contributed by atoms with van der Waals surface area (Å²) in [5.41, 5.74) is -4.79. The quantitative estimate of drug-likeness (QED) is 0.351. The number of rotatable bonds is 6. The van der Waals surface area contributed by atoms with Crippen molar-refractivity contribution in [2.24, 2.45) is 0 Å². The zero-order chi connectivity index (χ0) is 31.2. The predicted octanol–water partition coefficient (Wildman–Crippen LogP) is 5.80. The van der Waals surface area contributed by atoms with Gasteiger partial charge in [-0.1, -0.05) is 12.1 Å². The molecule has 2 heterocycles. The van der Waals surface area contributed by atoms with Crippen LogP contribution in [0.1, 0.15) is 37.0 Å². The molecular formula is C29H28F7N3O3. The monoisotopic (exact) mass is 599 g/mol. The minimum atomic E-state index is -5.10. The summed E-state index contributed by atoms with van der Waals surface area (Å²) in [7, 11) is 1.29. The predicted molar refractivity (Wildman–Crippen MR) is 141 cm³/mol. The van der Waals surface area contributed by atoms with Gasteiger partial charge in [0.05, 0.1) is 47.2 Å². The lowest BCUT2D eigenvalue weighted by Gasteiger charge is -2.32. The van der Waals surface area contributed by atoms with Crippen LogP contribution in [0.25, 0.3) is 11.1 Å². The highest BCUT2D eigenvalue weighted by molar-refractivity contribution is 6.03. The van der Waals surface area contributed by atoms with E-state index in [2.05, 4.69) is 4.98 Å². The van der Waals surface area contributed by atoms with Gasteiger partial charge in [-0.25, -0.2) is 9.37 Å². The highest BCUT2D eigenvalue weighted by atomic mass is 19.4. The second-order valence-corrected chi connectivity index (χ2v) is 10.7. The van der Waals surface area contributed by atoms with Gasteiger partial charge in [-0.15, -0.1) is 0 Å². The molecular weight excluding hydrogens is 571 g/mol.